The predicted octanol–water partition coefficient (Wildman–Crippen LogP) is 2.57. The number of rotatable bonds is 4. The van der Waals surface area contributed by atoms with Gasteiger partial charge >= 0.3 is 0 Å². The van der Waals surface area contributed by atoms with Crippen LogP contribution < -0.4 is 10.2 Å². The lowest BCUT2D eigenvalue weighted by Crippen LogP contribution is -2.46. The van der Waals surface area contributed by atoms with Crippen LogP contribution in [-0.2, 0) is 4.79 Å². The van der Waals surface area contributed by atoms with E-state index in [0.29, 0.717) is 0 Å². The lowest BCUT2D eigenvalue weighted by atomic mass is 10.2. The van der Waals surface area contributed by atoms with E-state index in [0.717, 1.165) is 54.4 Å². The van der Waals surface area contributed by atoms with E-state index in [-0.39, 0.29) is 0 Å². The zero-order valence-corrected chi connectivity index (χ0v) is 14.5. The van der Waals surface area contributed by atoms with Crippen LogP contribution in [0.3, 0.4) is 0 Å². The molecule has 0 aliphatic carbocycles. The summed E-state index contributed by atoms with van der Waals surface area (Å²) in [6.07, 6.45) is 2.46. The molecule has 0 saturated carbocycles. The highest BCUT2D eigenvalue weighted by atomic mass is 79.9. The molecular formula is C16H18BrN5O. The molecule has 1 saturated heterocycles. The Morgan fingerprint density at radius 1 is 1.17 bits per heavy atom. The summed E-state index contributed by atoms with van der Waals surface area (Å²) in [7, 11) is 0. The van der Waals surface area contributed by atoms with Crippen LogP contribution in [0.15, 0.2) is 35.1 Å². The summed E-state index contributed by atoms with van der Waals surface area (Å²) in [5.74, 6) is 1.63. The molecule has 0 bridgehead atoms. The molecule has 3 rings (SSSR count). The SMILES string of the molecule is Cc1ccc(Nc2cc(N3CCN(C=O)CC3)ncn2)cc1Br. The maximum atomic E-state index is 10.8. The number of hydrogen-bond donors (Lipinski definition) is 1. The van der Waals surface area contributed by atoms with Gasteiger partial charge in [0.15, 0.2) is 0 Å². The van der Waals surface area contributed by atoms with Crippen LogP contribution in [0.2, 0.25) is 0 Å². The molecule has 0 atom stereocenters. The van der Waals surface area contributed by atoms with Gasteiger partial charge in [-0.25, -0.2) is 9.97 Å². The minimum absolute atomic E-state index is 0.723. The molecule has 1 amide bonds. The first-order chi connectivity index (χ1) is 11.2. The molecule has 1 fully saturated rings. The first kappa shape index (κ1) is 15.7. The van der Waals surface area contributed by atoms with Gasteiger partial charge < -0.3 is 15.1 Å². The lowest BCUT2D eigenvalue weighted by molar-refractivity contribution is -0.118. The van der Waals surface area contributed by atoms with Crippen molar-refractivity contribution in [1.29, 1.82) is 0 Å². The van der Waals surface area contributed by atoms with Gasteiger partial charge in [-0.15, -0.1) is 0 Å². The van der Waals surface area contributed by atoms with Crippen LogP contribution in [0, 0.1) is 6.92 Å². The van der Waals surface area contributed by atoms with Crippen molar-refractivity contribution in [2.45, 2.75) is 6.92 Å². The van der Waals surface area contributed by atoms with E-state index in [1.54, 1.807) is 11.2 Å². The highest BCUT2D eigenvalue weighted by Crippen LogP contribution is 2.24. The Morgan fingerprint density at radius 3 is 2.65 bits per heavy atom. The fourth-order valence-corrected chi connectivity index (χ4v) is 2.84. The summed E-state index contributed by atoms with van der Waals surface area (Å²) in [6.45, 7) is 5.06. The maximum Gasteiger partial charge on any atom is 0.209 e. The molecule has 1 aliphatic rings. The molecule has 6 nitrogen and oxygen atoms in total. The number of piperazine rings is 1. The fourth-order valence-electron chi connectivity index (χ4n) is 2.46. The minimum atomic E-state index is 0.723. The van der Waals surface area contributed by atoms with E-state index in [1.165, 1.54) is 5.56 Å². The maximum absolute atomic E-state index is 10.8. The van der Waals surface area contributed by atoms with Crippen molar-refractivity contribution < 1.29 is 4.79 Å². The summed E-state index contributed by atoms with van der Waals surface area (Å²) in [5.41, 5.74) is 2.16. The highest BCUT2D eigenvalue weighted by molar-refractivity contribution is 9.10. The van der Waals surface area contributed by atoms with E-state index in [1.807, 2.05) is 24.3 Å². The van der Waals surface area contributed by atoms with Crippen LogP contribution in [0.1, 0.15) is 5.56 Å². The molecule has 0 radical (unpaired) electrons. The Bertz CT molecular complexity index is 701. The molecule has 2 heterocycles. The van der Waals surface area contributed by atoms with Crippen molar-refractivity contribution in [2.75, 3.05) is 36.4 Å². The van der Waals surface area contributed by atoms with Crippen molar-refractivity contribution in [1.82, 2.24) is 14.9 Å². The van der Waals surface area contributed by atoms with Gasteiger partial charge in [-0.1, -0.05) is 22.0 Å². The number of nitrogens with one attached hydrogen (secondary N) is 1. The minimum Gasteiger partial charge on any atom is -0.353 e. The van der Waals surface area contributed by atoms with E-state index >= 15 is 0 Å². The molecule has 23 heavy (non-hydrogen) atoms. The van der Waals surface area contributed by atoms with Crippen molar-refractivity contribution in [3.8, 4) is 0 Å². The topological polar surface area (TPSA) is 61.4 Å². The third-order valence-corrected chi connectivity index (χ3v) is 4.74. The van der Waals surface area contributed by atoms with Gasteiger partial charge in [0.1, 0.15) is 18.0 Å². The Hall–Kier alpha value is -2.15. The number of aromatic nitrogens is 2. The zero-order valence-electron chi connectivity index (χ0n) is 12.9. The number of aryl methyl sites for hydroxylation is 1. The van der Waals surface area contributed by atoms with E-state index in [2.05, 4.69) is 43.0 Å². The number of hydrogen-bond acceptors (Lipinski definition) is 5. The van der Waals surface area contributed by atoms with E-state index in [4.69, 9.17) is 0 Å². The normalized spacial score (nSPS) is 14.7. The Balaban J connectivity index is 1.72. The third-order valence-electron chi connectivity index (χ3n) is 3.88. The molecule has 120 valence electrons. The molecule has 0 spiro atoms. The first-order valence-corrected chi connectivity index (χ1v) is 8.24. The summed E-state index contributed by atoms with van der Waals surface area (Å²) in [5, 5.41) is 3.30. The molecular weight excluding hydrogens is 358 g/mol. The first-order valence-electron chi connectivity index (χ1n) is 7.45. The number of carbonyl (C=O) groups is 1. The van der Waals surface area contributed by atoms with Crippen LogP contribution in [0.5, 0.6) is 0 Å². The molecule has 1 aromatic carbocycles. The van der Waals surface area contributed by atoms with E-state index < -0.39 is 0 Å². The van der Waals surface area contributed by atoms with Crippen molar-refractivity contribution in [3.63, 3.8) is 0 Å². The highest BCUT2D eigenvalue weighted by Gasteiger charge is 2.17. The average Bonchev–Trinajstić information content (AvgIpc) is 2.58. The third kappa shape index (κ3) is 3.79. The molecule has 2 aromatic rings. The summed E-state index contributed by atoms with van der Waals surface area (Å²) >= 11 is 3.53. The summed E-state index contributed by atoms with van der Waals surface area (Å²) < 4.78 is 1.06. The van der Waals surface area contributed by atoms with Gasteiger partial charge in [0.2, 0.25) is 6.41 Å². The van der Waals surface area contributed by atoms with Crippen molar-refractivity contribution in [2.24, 2.45) is 0 Å². The van der Waals surface area contributed by atoms with Gasteiger partial charge in [0.25, 0.3) is 0 Å². The number of anilines is 3. The quantitative estimate of drug-likeness (QED) is 0.832. The number of halogens is 1. The Morgan fingerprint density at radius 2 is 1.96 bits per heavy atom. The van der Waals surface area contributed by atoms with Crippen LogP contribution in [-0.4, -0.2) is 47.5 Å². The molecule has 1 aromatic heterocycles. The van der Waals surface area contributed by atoms with Gasteiger partial charge in [-0.2, -0.15) is 0 Å². The smallest absolute Gasteiger partial charge is 0.209 e. The van der Waals surface area contributed by atoms with Gasteiger partial charge in [0, 0.05) is 42.4 Å². The summed E-state index contributed by atoms with van der Waals surface area (Å²) in [4.78, 5) is 23.4. The van der Waals surface area contributed by atoms with Gasteiger partial charge in [-0.05, 0) is 24.6 Å². The second kappa shape index (κ2) is 6.95. The van der Waals surface area contributed by atoms with Gasteiger partial charge in [0.05, 0.1) is 0 Å². The largest absolute Gasteiger partial charge is 0.353 e. The standard InChI is InChI=1S/C16H18BrN5O/c1-12-2-3-13(8-14(12)17)20-15-9-16(19-10-18-15)22-6-4-21(11-23)5-7-22/h2-3,8-11H,4-7H2,1H3,(H,18,19,20). The molecule has 0 unspecified atom stereocenters. The number of amides is 1. The van der Waals surface area contributed by atoms with Crippen molar-refractivity contribution in [3.05, 3.63) is 40.6 Å². The Kier molecular flexibility index (Phi) is 4.76. The Labute approximate surface area is 143 Å². The lowest BCUT2D eigenvalue weighted by Gasteiger charge is -2.33. The number of benzene rings is 1. The van der Waals surface area contributed by atoms with Crippen LogP contribution >= 0.6 is 15.9 Å². The number of nitrogens with zero attached hydrogens (tertiary/aromatic N) is 4. The van der Waals surface area contributed by atoms with E-state index in [9.17, 15) is 4.79 Å². The number of carbonyl (C=O) groups excluding carboxylic acids is 1. The monoisotopic (exact) mass is 375 g/mol. The average molecular weight is 376 g/mol. The second-order valence-electron chi connectivity index (χ2n) is 5.48. The van der Waals surface area contributed by atoms with Crippen molar-refractivity contribution >= 4 is 39.7 Å². The second-order valence-corrected chi connectivity index (χ2v) is 6.33. The zero-order chi connectivity index (χ0) is 16.2. The van der Waals surface area contributed by atoms with Crippen LogP contribution in [0.4, 0.5) is 17.3 Å². The van der Waals surface area contributed by atoms with Crippen LogP contribution in [0.25, 0.3) is 0 Å². The molecule has 1 aliphatic heterocycles. The fraction of sp³-hybridized carbons (Fsp3) is 0.312. The molecule has 1 N–H and O–H groups in total. The molecule has 7 heteroatoms. The predicted molar refractivity (Wildman–Crippen MR) is 94.0 cm³/mol. The summed E-state index contributed by atoms with van der Waals surface area (Å²) in [6, 6.07) is 8.03. The van der Waals surface area contributed by atoms with Gasteiger partial charge in [-0.3, -0.25) is 4.79 Å².